The molecule has 0 aliphatic carbocycles. The molecule has 2 aliphatic heterocycles. The monoisotopic (exact) mass is 756 g/mol. The summed E-state index contributed by atoms with van der Waals surface area (Å²) in [6.07, 6.45) is 1.80. The average Bonchev–Trinajstić information content (AvgIpc) is 3.46. The topological polar surface area (TPSA) is 179 Å². The largest absolute Gasteiger partial charge is 0.399 e. The van der Waals surface area contributed by atoms with E-state index in [0.717, 1.165) is 24.5 Å². The van der Waals surface area contributed by atoms with Gasteiger partial charge in [0.05, 0.1) is 5.69 Å². The van der Waals surface area contributed by atoms with Crippen LogP contribution in [0.5, 0.6) is 0 Å². The molecule has 0 spiro atoms. The van der Waals surface area contributed by atoms with Gasteiger partial charge in [0.15, 0.2) is 0 Å². The molecule has 2 aliphatic rings. The molecule has 3 unspecified atom stereocenters. The summed E-state index contributed by atoms with van der Waals surface area (Å²) in [7, 11) is 0. The number of hydrogen-bond acceptors (Lipinski definition) is 6. The van der Waals surface area contributed by atoms with Gasteiger partial charge in [-0.3, -0.25) is 19.2 Å². The Bertz CT molecular complexity index is 1340. The molecule has 41 heavy (non-hydrogen) atoms. The van der Waals surface area contributed by atoms with Crippen LogP contribution in [-0.4, -0.2) is 58.6 Å². The molecule has 4 rings (SSSR count). The molecule has 0 bridgehead atoms. The van der Waals surface area contributed by atoms with E-state index in [1.165, 1.54) is 0 Å². The fourth-order valence-electron chi connectivity index (χ4n) is 5.44. The minimum absolute atomic E-state index is 0.0157. The first-order valence-electron chi connectivity index (χ1n) is 13.3. The quantitative estimate of drug-likeness (QED) is 0.296. The van der Waals surface area contributed by atoms with Gasteiger partial charge in [0.1, 0.15) is 12.1 Å². The molecule has 2 saturated heterocycles. The Labute approximate surface area is 264 Å². The van der Waals surface area contributed by atoms with E-state index in [2.05, 4.69) is 47.8 Å². The summed E-state index contributed by atoms with van der Waals surface area (Å²) in [5.74, 6) is -0.938. The smallest absolute Gasteiger partial charge is 0.240 e. The number of nitrogens with two attached hydrogens (primary N) is 4. The van der Waals surface area contributed by atoms with Crippen LogP contribution in [0.2, 0.25) is 0 Å². The van der Waals surface area contributed by atoms with Gasteiger partial charge in [0.25, 0.3) is 0 Å². The third-order valence-corrected chi connectivity index (χ3v) is 9.70. The molecule has 2 aromatic rings. The second-order valence-electron chi connectivity index (χ2n) is 10.2. The van der Waals surface area contributed by atoms with Crippen LogP contribution in [-0.2, 0) is 19.2 Å². The number of primary amides is 2. The van der Waals surface area contributed by atoms with Crippen LogP contribution in [0.1, 0.15) is 62.5 Å². The molecule has 4 atom stereocenters. The lowest BCUT2D eigenvalue weighted by Crippen LogP contribution is -2.45. The first kappa shape index (κ1) is 32.9. The van der Waals surface area contributed by atoms with Crippen molar-refractivity contribution < 1.29 is 19.2 Å². The molecule has 0 radical (unpaired) electrons. The highest BCUT2D eigenvalue weighted by molar-refractivity contribution is 9.11. The van der Waals surface area contributed by atoms with Crippen LogP contribution >= 0.6 is 47.8 Å². The molecule has 0 aromatic heterocycles. The highest BCUT2D eigenvalue weighted by atomic mass is 79.9. The average molecular weight is 759 g/mol. The van der Waals surface area contributed by atoms with E-state index < -0.39 is 23.9 Å². The number of likely N-dealkylation sites (tertiary alicyclic amines) is 2. The number of benzene rings is 2. The Morgan fingerprint density at radius 3 is 1.85 bits per heavy atom. The Morgan fingerprint density at radius 2 is 1.37 bits per heavy atom. The second-order valence-corrected chi connectivity index (χ2v) is 12.7. The van der Waals surface area contributed by atoms with Crippen LogP contribution in [0.15, 0.2) is 43.7 Å². The molecule has 8 N–H and O–H groups in total. The molecule has 4 amide bonds. The number of hydrogen-bond donors (Lipinski definition) is 4. The van der Waals surface area contributed by atoms with E-state index >= 15 is 0 Å². The van der Waals surface area contributed by atoms with E-state index in [1.807, 2.05) is 44.2 Å². The van der Waals surface area contributed by atoms with Crippen LogP contribution in [0, 0.1) is 0 Å². The zero-order valence-corrected chi connectivity index (χ0v) is 27.7. The van der Waals surface area contributed by atoms with Gasteiger partial charge in [0.2, 0.25) is 23.6 Å². The minimum atomic E-state index is -0.553. The van der Waals surface area contributed by atoms with Crippen molar-refractivity contribution in [2.24, 2.45) is 11.5 Å². The summed E-state index contributed by atoms with van der Waals surface area (Å²) in [4.78, 5) is 50.4. The van der Waals surface area contributed by atoms with Crippen molar-refractivity contribution >= 4 is 82.8 Å². The van der Waals surface area contributed by atoms with Crippen molar-refractivity contribution in [3.05, 3.63) is 54.9 Å². The van der Waals surface area contributed by atoms with Crippen molar-refractivity contribution in [1.82, 2.24) is 9.80 Å². The molecule has 0 saturated carbocycles. The Balaban J connectivity index is 0.000000228. The Hall–Kier alpha value is -2.64. The van der Waals surface area contributed by atoms with Crippen molar-refractivity contribution in [2.45, 2.75) is 63.5 Å². The van der Waals surface area contributed by atoms with E-state index in [1.54, 1.807) is 9.80 Å². The summed E-state index contributed by atoms with van der Waals surface area (Å²) in [5, 5.41) is 0. The Kier molecular flexibility index (Phi) is 11.2. The van der Waals surface area contributed by atoms with Crippen molar-refractivity contribution in [1.29, 1.82) is 0 Å². The Morgan fingerprint density at radius 1 is 0.854 bits per heavy atom. The van der Waals surface area contributed by atoms with Crippen LogP contribution in [0.25, 0.3) is 0 Å². The number of rotatable bonds is 8. The maximum absolute atomic E-state index is 12.3. The number of halogens is 3. The summed E-state index contributed by atoms with van der Waals surface area (Å²) in [6, 6.07) is 8.35. The number of nitrogens with zero attached hydrogens (tertiary/aromatic N) is 2. The molecule has 222 valence electrons. The number of carbonyl (C=O) groups excluding carboxylic acids is 4. The molecule has 10 nitrogen and oxygen atoms in total. The fourth-order valence-corrected chi connectivity index (χ4v) is 8.21. The second kappa shape index (κ2) is 14.0. The van der Waals surface area contributed by atoms with E-state index in [9.17, 15) is 19.2 Å². The normalized spacial score (nSPS) is 20.0. The van der Waals surface area contributed by atoms with Crippen LogP contribution in [0.3, 0.4) is 0 Å². The van der Waals surface area contributed by atoms with Gasteiger partial charge >= 0.3 is 0 Å². The highest BCUT2D eigenvalue weighted by Crippen LogP contribution is 2.43. The van der Waals surface area contributed by atoms with Gasteiger partial charge in [-0.25, -0.2) is 0 Å². The number of nitrogen functional groups attached to an aromatic ring is 2. The predicted octanol–water partition coefficient (Wildman–Crippen LogP) is 3.98. The lowest BCUT2D eigenvalue weighted by Gasteiger charge is -2.25. The van der Waals surface area contributed by atoms with Gasteiger partial charge in [-0.1, -0.05) is 41.9 Å². The van der Waals surface area contributed by atoms with E-state index in [-0.39, 0.29) is 23.7 Å². The number of anilines is 2. The van der Waals surface area contributed by atoms with Crippen molar-refractivity contribution in [3.63, 3.8) is 0 Å². The van der Waals surface area contributed by atoms with E-state index in [0.29, 0.717) is 50.1 Å². The first-order chi connectivity index (χ1) is 19.3. The standard InChI is InChI=1S/C14H16Br3N3O2.C14H19N3O2/c1-2-9(14(19)22)20-5-6(3-10(20)21)11-7(15)4-8(16)13(18)12(11)17;1-2-12(14(16)19)17-8-10(7-13(17)18)9-4-3-5-11(15)6-9/h4,6,9H,2-3,5,18H2,1H3,(H2,19,22);3-6,10,12H,2,7-8,15H2,1H3,(H2,16,19)/t6?,9-;/m0./s1. The lowest BCUT2D eigenvalue weighted by molar-refractivity contribution is -0.136. The molecular formula is C28H35Br3N6O4. The van der Waals surface area contributed by atoms with Gasteiger partial charge < -0.3 is 32.7 Å². The van der Waals surface area contributed by atoms with Crippen molar-refractivity contribution in [2.75, 3.05) is 24.6 Å². The van der Waals surface area contributed by atoms with Crippen LogP contribution < -0.4 is 22.9 Å². The van der Waals surface area contributed by atoms with Crippen molar-refractivity contribution in [3.8, 4) is 0 Å². The zero-order valence-electron chi connectivity index (χ0n) is 22.9. The predicted molar refractivity (Wildman–Crippen MR) is 169 cm³/mol. The summed E-state index contributed by atoms with van der Waals surface area (Å²) in [5.41, 5.74) is 25.8. The maximum Gasteiger partial charge on any atom is 0.240 e. The molecular weight excluding hydrogens is 724 g/mol. The number of amides is 4. The molecule has 13 heteroatoms. The fraction of sp³-hybridized carbons (Fsp3) is 0.429. The van der Waals surface area contributed by atoms with Gasteiger partial charge in [-0.05, 0) is 74.0 Å². The molecule has 2 aromatic carbocycles. The number of carbonyl (C=O) groups is 4. The summed E-state index contributed by atoms with van der Waals surface area (Å²) < 4.78 is 2.41. The van der Waals surface area contributed by atoms with Gasteiger partial charge in [0, 0.05) is 56.9 Å². The third-order valence-electron chi connectivity index (χ3n) is 7.53. The lowest BCUT2D eigenvalue weighted by atomic mass is 9.97. The van der Waals surface area contributed by atoms with Gasteiger partial charge in [-0.15, -0.1) is 0 Å². The minimum Gasteiger partial charge on any atom is -0.399 e. The van der Waals surface area contributed by atoms with E-state index in [4.69, 9.17) is 22.9 Å². The summed E-state index contributed by atoms with van der Waals surface area (Å²) in [6.45, 7) is 4.69. The summed E-state index contributed by atoms with van der Waals surface area (Å²) >= 11 is 10.4. The SMILES string of the molecule is CCC(C(N)=O)N1CC(c2cccc(N)c2)CC1=O.CC[C@@H](C(N)=O)N1CC(c2c(Br)cc(Br)c(N)c2Br)CC1=O. The molecule has 2 heterocycles. The molecule has 2 fully saturated rings. The van der Waals surface area contributed by atoms with Gasteiger partial charge in [-0.2, -0.15) is 0 Å². The zero-order chi connectivity index (χ0) is 30.6. The first-order valence-corrected chi connectivity index (χ1v) is 15.6. The van der Waals surface area contributed by atoms with Crippen LogP contribution in [0.4, 0.5) is 11.4 Å². The maximum atomic E-state index is 12.3. The highest BCUT2D eigenvalue weighted by Gasteiger charge is 2.39. The third kappa shape index (κ3) is 7.42.